The molecule has 0 radical (unpaired) electrons. The quantitative estimate of drug-likeness (QED) is 0.548. The summed E-state index contributed by atoms with van der Waals surface area (Å²) in [6.45, 7) is 1.80. The smallest absolute Gasteiger partial charge is 0.326 e. The van der Waals surface area contributed by atoms with Gasteiger partial charge in [0, 0.05) is 6.54 Å². The van der Waals surface area contributed by atoms with Gasteiger partial charge in [-0.15, -0.1) is 11.3 Å². The van der Waals surface area contributed by atoms with E-state index in [-0.39, 0.29) is 18.4 Å². The first-order valence-electron chi connectivity index (χ1n) is 8.53. The van der Waals surface area contributed by atoms with E-state index in [0.29, 0.717) is 11.4 Å². The van der Waals surface area contributed by atoms with Crippen LogP contribution in [-0.2, 0) is 14.3 Å². The third kappa shape index (κ3) is 6.70. The lowest BCUT2D eigenvalue weighted by molar-refractivity contribution is -0.153. The van der Waals surface area contributed by atoms with Crippen LogP contribution < -0.4 is 10.6 Å². The average Bonchev–Trinajstić information content (AvgIpc) is 3.15. The topological polar surface area (TPSA) is 84.5 Å². The molecule has 0 aromatic carbocycles. The predicted molar refractivity (Wildman–Crippen MR) is 96.4 cm³/mol. The summed E-state index contributed by atoms with van der Waals surface area (Å²) in [6.07, 6.45) is 6.88. The van der Waals surface area contributed by atoms with Gasteiger partial charge in [-0.25, -0.2) is 0 Å². The first-order valence-corrected chi connectivity index (χ1v) is 9.41. The number of esters is 1. The lowest BCUT2D eigenvalue weighted by Crippen LogP contribution is -2.39. The molecule has 0 spiro atoms. The van der Waals surface area contributed by atoms with Gasteiger partial charge in [-0.1, -0.05) is 17.7 Å². The first kappa shape index (κ1) is 19.2. The summed E-state index contributed by atoms with van der Waals surface area (Å²) in [7, 11) is 0. The predicted octanol–water partition coefficient (Wildman–Crippen LogP) is 2.42. The second-order valence-electron chi connectivity index (χ2n) is 5.94. The minimum atomic E-state index is -0.883. The summed E-state index contributed by atoms with van der Waals surface area (Å²) >= 11 is 1.29. The molecular weight excluding hydrogens is 340 g/mol. The van der Waals surface area contributed by atoms with Gasteiger partial charge < -0.3 is 15.4 Å². The SMILES string of the molecule is C[C@H](OC(=O)CNC(=O)c1cccs1)C(=O)NCCC1=CCCCC1. The fourth-order valence-electron chi connectivity index (χ4n) is 2.56. The Labute approximate surface area is 151 Å². The van der Waals surface area contributed by atoms with Crippen LogP contribution in [0.5, 0.6) is 0 Å². The van der Waals surface area contributed by atoms with Crippen LogP contribution in [0.1, 0.15) is 48.7 Å². The van der Waals surface area contributed by atoms with Gasteiger partial charge in [0.25, 0.3) is 11.8 Å². The van der Waals surface area contributed by atoms with Gasteiger partial charge in [0.05, 0.1) is 4.88 Å². The number of amides is 2. The second kappa shape index (κ2) is 9.98. The molecule has 0 fully saturated rings. The van der Waals surface area contributed by atoms with Crippen molar-refractivity contribution in [1.29, 1.82) is 0 Å². The van der Waals surface area contributed by atoms with E-state index < -0.39 is 12.1 Å². The van der Waals surface area contributed by atoms with Crippen LogP contribution in [0, 0.1) is 0 Å². The highest BCUT2D eigenvalue weighted by atomic mass is 32.1. The number of carbonyl (C=O) groups is 3. The van der Waals surface area contributed by atoms with Gasteiger partial charge in [0.1, 0.15) is 6.54 Å². The minimum Gasteiger partial charge on any atom is -0.451 e. The zero-order chi connectivity index (χ0) is 18.1. The van der Waals surface area contributed by atoms with Crippen molar-refractivity contribution >= 4 is 29.1 Å². The van der Waals surface area contributed by atoms with E-state index in [1.165, 1.54) is 36.7 Å². The molecule has 25 heavy (non-hydrogen) atoms. The number of ether oxygens (including phenoxy) is 1. The molecule has 2 rings (SSSR count). The van der Waals surface area contributed by atoms with Crippen LogP contribution in [0.25, 0.3) is 0 Å². The largest absolute Gasteiger partial charge is 0.451 e. The van der Waals surface area contributed by atoms with Crippen molar-refractivity contribution in [3.8, 4) is 0 Å². The Kier molecular flexibility index (Phi) is 7.66. The second-order valence-corrected chi connectivity index (χ2v) is 6.89. The van der Waals surface area contributed by atoms with Crippen LogP contribution in [-0.4, -0.2) is 37.0 Å². The highest BCUT2D eigenvalue weighted by Crippen LogP contribution is 2.19. The van der Waals surface area contributed by atoms with E-state index >= 15 is 0 Å². The molecule has 136 valence electrons. The zero-order valence-corrected chi connectivity index (χ0v) is 15.2. The van der Waals surface area contributed by atoms with Crippen LogP contribution in [0.2, 0.25) is 0 Å². The lowest BCUT2D eigenvalue weighted by Gasteiger charge is -2.15. The molecule has 1 aromatic heterocycles. The van der Waals surface area contributed by atoms with E-state index in [1.54, 1.807) is 17.5 Å². The van der Waals surface area contributed by atoms with E-state index in [1.807, 2.05) is 0 Å². The van der Waals surface area contributed by atoms with Gasteiger partial charge in [-0.3, -0.25) is 14.4 Å². The van der Waals surface area contributed by atoms with E-state index in [9.17, 15) is 14.4 Å². The Bertz CT molecular complexity index is 625. The molecule has 1 heterocycles. The van der Waals surface area contributed by atoms with Gasteiger partial charge in [0.15, 0.2) is 6.10 Å². The van der Waals surface area contributed by atoms with E-state index in [0.717, 1.165) is 19.3 Å². The van der Waals surface area contributed by atoms with Crippen molar-refractivity contribution in [3.63, 3.8) is 0 Å². The van der Waals surface area contributed by atoms with Gasteiger partial charge in [-0.2, -0.15) is 0 Å². The molecule has 1 aliphatic carbocycles. The minimum absolute atomic E-state index is 0.263. The van der Waals surface area contributed by atoms with Crippen molar-refractivity contribution in [2.75, 3.05) is 13.1 Å². The van der Waals surface area contributed by atoms with Crippen LogP contribution in [0.15, 0.2) is 29.2 Å². The number of rotatable bonds is 8. The van der Waals surface area contributed by atoms with Crippen molar-refractivity contribution in [3.05, 3.63) is 34.0 Å². The Morgan fingerprint density at radius 3 is 2.80 bits per heavy atom. The number of nitrogens with one attached hydrogen (secondary N) is 2. The Morgan fingerprint density at radius 2 is 2.12 bits per heavy atom. The molecule has 0 saturated heterocycles. The molecular formula is C18H24N2O4S. The standard InChI is InChI=1S/C18H24N2O4S/c1-13(17(22)19-10-9-14-6-3-2-4-7-14)24-16(21)12-20-18(23)15-8-5-11-25-15/h5-6,8,11,13H,2-4,7,9-10,12H2,1H3,(H,19,22)(H,20,23)/t13-/m0/s1. The molecule has 6 nitrogen and oxygen atoms in total. The van der Waals surface area contributed by atoms with E-state index in [4.69, 9.17) is 4.74 Å². The molecule has 2 amide bonds. The first-order chi connectivity index (χ1) is 12.1. The Balaban J connectivity index is 1.63. The van der Waals surface area contributed by atoms with Crippen molar-refractivity contribution in [2.45, 2.75) is 45.1 Å². The molecule has 0 bridgehead atoms. The third-order valence-corrected chi connectivity index (χ3v) is 4.81. The third-order valence-electron chi connectivity index (χ3n) is 3.95. The maximum absolute atomic E-state index is 12.0. The van der Waals surface area contributed by atoms with Crippen LogP contribution >= 0.6 is 11.3 Å². The molecule has 2 N–H and O–H groups in total. The highest BCUT2D eigenvalue weighted by molar-refractivity contribution is 7.12. The maximum Gasteiger partial charge on any atom is 0.326 e. The maximum atomic E-state index is 12.0. The van der Waals surface area contributed by atoms with Gasteiger partial charge in [-0.05, 0) is 50.5 Å². The van der Waals surface area contributed by atoms with Gasteiger partial charge in [0.2, 0.25) is 0 Å². The fourth-order valence-corrected chi connectivity index (χ4v) is 3.20. The summed E-state index contributed by atoms with van der Waals surface area (Å²) in [6, 6.07) is 3.43. The Morgan fingerprint density at radius 1 is 1.28 bits per heavy atom. The molecule has 1 atom stereocenters. The van der Waals surface area contributed by atoms with E-state index in [2.05, 4.69) is 16.7 Å². The molecule has 0 saturated carbocycles. The number of hydrogen-bond acceptors (Lipinski definition) is 5. The Hall–Kier alpha value is -2.15. The van der Waals surface area contributed by atoms with Gasteiger partial charge >= 0.3 is 5.97 Å². The molecule has 1 aliphatic rings. The van der Waals surface area contributed by atoms with Crippen molar-refractivity contribution in [1.82, 2.24) is 10.6 Å². The highest BCUT2D eigenvalue weighted by Gasteiger charge is 2.18. The summed E-state index contributed by atoms with van der Waals surface area (Å²) in [5.74, 6) is -1.29. The summed E-state index contributed by atoms with van der Waals surface area (Å²) < 4.78 is 5.05. The number of carbonyl (C=O) groups excluding carboxylic acids is 3. The molecule has 0 unspecified atom stereocenters. The summed E-state index contributed by atoms with van der Waals surface area (Å²) in [4.78, 5) is 35.9. The van der Waals surface area contributed by atoms with Crippen LogP contribution in [0.4, 0.5) is 0 Å². The number of allylic oxidation sites excluding steroid dienone is 1. The van der Waals surface area contributed by atoms with Crippen molar-refractivity contribution in [2.24, 2.45) is 0 Å². The summed E-state index contributed by atoms with van der Waals surface area (Å²) in [5, 5.41) is 7.03. The molecule has 0 aliphatic heterocycles. The zero-order valence-electron chi connectivity index (χ0n) is 14.4. The lowest BCUT2D eigenvalue weighted by atomic mass is 9.97. The molecule has 1 aromatic rings. The molecule has 7 heteroatoms. The fraction of sp³-hybridized carbons (Fsp3) is 0.500. The number of thiophene rings is 1. The average molecular weight is 364 g/mol. The number of hydrogen-bond donors (Lipinski definition) is 2. The van der Waals surface area contributed by atoms with Crippen LogP contribution in [0.3, 0.4) is 0 Å². The van der Waals surface area contributed by atoms with Crippen molar-refractivity contribution < 1.29 is 19.1 Å². The summed E-state index contributed by atoms with van der Waals surface area (Å²) in [5.41, 5.74) is 1.38. The normalized spacial score (nSPS) is 15.0. The monoisotopic (exact) mass is 364 g/mol.